The number of carbonyl (C=O) groups is 1. The molecule has 0 saturated heterocycles. The second-order valence-electron chi connectivity index (χ2n) is 5.53. The number of aromatic nitrogens is 1. The van der Waals surface area contributed by atoms with Crippen LogP contribution in [0.3, 0.4) is 0 Å². The van der Waals surface area contributed by atoms with Gasteiger partial charge in [-0.25, -0.2) is 4.39 Å². The van der Waals surface area contributed by atoms with Crippen molar-refractivity contribution in [2.45, 2.75) is 24.9 Å². The van der Waals surface area contributed by atoms with Gasteiger partial charge in [0.1, 0.15) is 23.2 Å². The molecule has 1 fully saturated rings. The van der Waals surface area contributed by atoms with Crippen LogP contribution in [0.5, 0.6) is 0 Å². The summed E-state index contributed by atoms with van der Waals surface area (Å²) in [6.07, 6.45) is 4.39. The second kappa shape index (κ2) is 4.62. The number of carbonyl (C=O) groups excluding carboxylic acids is 1. The van der Waals surface area contributed by atoms with Crippen LogP contribution in [-0.4, -0.2) is 17.9 Å². The van der Waals surface area contributed by atoms with E-state index in [1.54, 1.807) is 0 Å². The van der Waals surface area contributed by atoms with Gasteiger partial charge in [0.2, 0.25) is 0 Å². The maximum Gasteiger partial charge on any atom is 0.179 e. The third-order valence-corrected chi connectivity index (χ3v) is 4.46. The van der Waals surface area contributed by atoms with E-state index in [1.807, 2.05) is 6.07 Å². The maximum absolute atomic E-state index is 14.2. The number of rotatable bonds is 2. The largest absolute Gasteiger partial charge is 0.368 e. The first-order valence-electron chi connectivity index (χ1n) is 6.51. The molecule has 4 nitrogen and oxygen atoms in total. The lowest BCUT2D eigenvalue weighted by Gasteiger charge is -2.36. The zero-order valence-corrected chi connectivity index (χ0v) is 12.1. The standard InChI is InChI=1S/C15H12ClFN2O2/c1-21-15(12-11(17)4-10(16)7-19-12)5-9(6-18)13(20)14(8-15)2-3-14/h4-5,7H,2-3,8H2,1H3. The monoisotopic (exact) mass is 306 g/mol. The summed E-state index contributed by atoms with van der Waals surface area (Å²) in [5.41, 5.74) is -1.74. The lowest BCUT2D eigenvalue weighted by Crippen LogP contribution is -2.39. The molecule has 21 heavy (non-hydrogen) atoms. The average molecular weight is 307 g/mol. The van der Waals surface area contributed by atoms with Gasteiger partial charge in [0.15, 0.2) is 5.78 Å². The number of allylic oxidation sites excluding steroid dienone is 1. The molecule has 1 saturated carbocycles. The van der Waals surface area contributed by atoms with Crippen LogP contribution in [0.1, 0.15) is 25.0 Å². The van der Waals surface area contributed by atoms with E-state index in [1.165, 1.54) is 19.4 Å². The summed E-state index contributed by atoms with van der Waals surface area (Å²) < 4.78 is 19.8. The molecule has 0 amide bonds. The van der Waals surface area contributed by atoms with Crippen LogP contribution in [0.25, 0.3) is 0 Å². The summed E-state index contributed by atoms with van der Waals surface area (Å²) in [4.78, 5) is 16.3. The summed E-state index contributed by atoms with van der Waals surface area (Å²) in [5.74, 6) is -0.782. The first-order chi connectivity index (χ1) is 9.96. The minimum absolute atomic E-state index is 0.0109. The normalized spacial score (nSPS) is 26.4. The van der Waals surface area contributed by atoms with E-state index in [0.717, 1.165) is 6.07 Å². The molecule has 6 heteroatoms. The quantitative estimate of drug-likeness (QED) is 0.843. The molecule has 0 aliphatic heterocycles. The number of nitrogens with zero attached hydrogens (tertiary/aromatic N) is 2. The summed E-state index contributed by atoms with van der Waals surface area (Å²) in [6.45, 7) is 0. The van der Waals surface area contributed by atoms with Gasteiger partial charge in [0, 0.05) is 18.7 Å². The van der Waals surface area contributed by atoms with Crippen molar-refractivity contribution in [3.05, 3.63) is 40.4 Å². The third kappa shape index (κ3) is 2.06. The van der Waals surface area contributed by atoms with E-state index in [9.17, 15) is 14.4 Å². The number of Topliss-reactive ketones (excluding diaryl/α,β-unsaturated/α-hetero) is 1. The molecule has 2 aliphatic carbocycles. The molecule has 0 aromatic carbocycles. The van der Waals surface area contributed by atoms with Crippen molar-refractivity contribution in [2.75, 3.05) is 7.11 Å². The van der Waals surface area contributed by atoms with E-state index in [4.69, 9.17) is 16.3 Å². The fourth-order valence-corrected chi connectivity index (χ4v) is 3.11. The number of hydrogen-bond donors (Lipinski definition) is 0. The highest BCUT2D eigenvalue weighted by atomic mass is 35.5. The Hall–Kier alpha value is -1.77. The molecule has 0 radical (unpaired) electrons. The Morgan fingerprint density at radius 1 is 1.52 bits per heavy atom. The Morgan fingerprint density at radius 2 is 2.24 bits per heavy atom. The fraction of sp³-hybridized carbons (Fsp3) is 0.400. The Morgan fingerprint density at radius 3 is 2.76 bits per heavy atom. The lowest BCUT2D eigenvalue weighted by atomic mass is 9.74. The van der Waals surface area contributed by atoms with Gasteiger partial charge >= 0.3 is 0 Å². The van der Waals surface area contributed by atoms with Gasteiger partial charge in [-0.2, -0.15) is 5.26 Å². The number of halogens is 2. The van der Waals surface area contributed by atoms with Gasteiger partial charge in [-0.3, -0.25) is 9.78 Å². The van der Waals surface area contributed by atoms with Gasteiger partial charge in [-0.05, 0) is 31.4 Å². The zero-order chi connectivity index (χ0) is 15.3. The van der Waals surface area contributed by atoms with E-state index >= 15 is 0 Å². The van der Waals surface area contributed by atoms with Crippen LogP contribution < -0.4 is 0 Å². The Labute approximate surface area is 126 Å². The number of hydrogen-bond acceptors (Lipinski definition) is 4. The fourth-order valence-electron chi connectivity index (χ4n) is 2.96. The highest BCUT2D eigenvalue weighted by molar-refractivity contribution is 6.30. The third-order valence-electron chi connectivity index (χ3n) is 4.25. The van der Waals surface area contributed by atoms with E-state index in [-0.39, 0.29) is 22.1 Å². The molecular formula is C15H12ClFN2O2. The molecule has 108 valence electrons. The summed E-state index contributed by atoms with van der Waals surface area (Å²) >= 11 is 5.73. The maximum atomic E-state index is 14.2. The van der Waals surface area contributed by atoms with Gasteiger partial charge in [-0.1, -0.05) is 11.6 Å². The molecule has 0 bridgehead atoms. The van der Waals surface area contributed by atoms with Crippen LogP contribution in [0.15, 0.2) is 23.9 Å². The Kier molecular flexibility index (Phi) is 3.12. The van der Waals surface area contributed by atoms with Crippen molar-refractivity contribution >= 4 is 17.4 Å². The van der Waals surface area contributed by atoms with Gasteiger partial charge < -0.3 is 4.74 Å². The molecule has 0 N–H and O–H groups in total. The number of ketones is 1. The van der Waals surface area contributed by atoms with Crippen molar-refractivity contribution < 1.29 is 13.9 Å². The number of nitriles is 1. The lowest BCUT2D eigenvalue weighted by molar-refractivity contribution is -0.124. The Balaban J connectivity index is 2.18. The highest BCUT2D eigenvalue weighted by Gasteiger charge is 2.59. The van der Waals surface area contributed by atoms with Crippen molar-refractivity contribution in [3.8, 4) is 6.07 Å². The predicted octanol–water partition coefficient (Wildman–Crippen LogP) is 2.92. The first kappa shape index (κ1) is 14.2. The molecule has 1 unspecified atom stereocenters. The van der Waals surface area contributed by atoms with Crippen molar-refractivity contribution in [1.29, 1.82) is 5.26 Å². The minimum atomic E-state index is -1.20. The van der Waals surface area contributed by atoms with Gasteiger partial charge in [-0.15, -0.1) is 0 Å². The SMILES string of the molecule is COC1(c2ncc(Cl)cc2F)C=C(C#N)C(=O)C2(CC2)C1. The van der Waals surface area contributed by atoms with Crippen LogP contribution >= 0.6 is 11.6 Å². The predicted molar refractivity (Wildman–Crippen MR) is 72.9 cm³/mol. The van der Waals surface area contributed by atoms with Crippen LogP contribution in [0.2, 0.25) is 5.02 Å². The second-order valence-corrected chi connectivity index (χ2v) is 5.97. The molecule has 3 rings (SSSR count). The smallest absolute Gasteiger partial charge is 0.179 e. The van der Waals surface area contributed by atoms with Gasteiger partial charge in [0.05, 0.1) is 10.6 Å². The average Bonchev–Trinajstić information content (AvgIpc) is 3.22. The highest BCUT2D eigenvalue weighted by Crippen LogP contribution is 2.59. The number of pyridine rings is 1. The van der Waals surface area contributed by atoms with E-state index < -0.39 is 16.8 Å². The first-order valence-corrected chi connectivity index (χ1v) is 6.89. The van der Waals surface area contributed by atoms with Crippen LogP contribution in [0, 0.1) is 22.6 Å². The zero-order valence-electron chi connectivity index (χ0n) is 11.3. The van der Waals surface area contributed by atoms with Crippen molar-refractivity contribution in [2.24, 2.45) is 5.41 Å². The molecule has 1 aromatic heterocycles. The topological polar surface area (TPSA) is 63.0 Å². The number of ether oxygens (including phenoxy) is 1. The van der Waals surface area contributed by atoms with Crippen molar-refractivity contribution in [3.63, 3.8) is 0 Å². The van der Waals surface area contributed by atoms with Gasteiger partial charge in [0.25, 0.3) is 0 Å². The summed E-state index contributed by atoms with van der Waals surface area (Å²) in [6, 6.07) is 3.05. The molecular weight excluding hydrogens is 295 g/mol. The molecule has 2 aliphatic rings. The molecule has 1 atom stereocenters. The Bertz CT molecular complexity index is 706. The van der Waals surface area contributed by atoms with E-state index in [2.05, 4.69) is 4.98 Å². The van der Waals surface area contributed by atoms with Crippen LogP contribution in [0.4, 0.5) is 4.39 Å². The summed E-state index contributed by atoms with van der Waals surface area (Å²) in [7, 11) is 1.42. The van der Waals surface area contributed by atoms with E-state index in [0.29, 0.717) is 19.3 Å². The van der Waals surface area contributed by atoms with Crippen LogP contribution in [-0.2, 0) is 15.1 Å². The summed E-state index contributed by atoms with van der Waals surface area (Å²) in [5, 5.41) is 9.36. The molecule has 1 aromatic rings. The number of methoxy groups -OCH3 is 1. The molecule has 1 spiro atoms. The molecule has 1 heterocycles. The van der Waals surface area contributed by atoms with Crippen molar-refractivity contribution in [1.82, 2.24) is 4.98 Å². The minimum Gasteiger partial charge on any atom is -0.368 e.